The number of aliphatic hydroxyl groups is 1. The lowest BCUT2D eigenvalue weighted by atomic mass is 10.0. The van der Waals surface area contributed by atoms with Crippen LogP contribution < -0.4 is 5.73 Å². The van der Waals surface area contributed by atoms with Gasteiger partial charge in [-0.1, -0.05) is 17.7 Å². The molecule has 4 heteroatoms. The molecule has 3 N–H and O–H groups in total. The highest BCUT2D eigenvalue weighted by atomic mass is 35.5. The first-order chi connectivity index (χ1) is 6.02. The molecule has 0 amide bonds. The van der Waals surface area contributed by atoms with E-state index < -0.39 is 18.0 Å². The molecule has 72 valence electrons. The zero-order valence-corrected chi connectivity index (χ0v) is 7.92. The Balaban J connectivity index is 3.01. The molecule has 0 heterocycles. The van der Waals surface area contributed by atoms with Gasteiger partial charge in [0, 0.05) is 16.6 Å². The summed E-state index contributed by atoms with van der Waals surface area (Å²) in [7, 11) is 0. The van der Waals surface area contributed by atoms with E-state index in [1.807, 2.05) is 0 Å². The van der Waals surface area contributed by atoms with Crippen molar-refractivity contribution in [3.05, 3.63) is 34.6 Å². The van der Waals surface area contributed by atoms with Crippen molar-refractivity contribution in [2.45, 2.75) is 19.1 Å². The van der Waals surface area contributed by atoms with Crippen LogP contribution >= 0.6 is 11.6 Å². The topological polar surface area (TPSA) is 46.2 Å². The highest BCUT2D eigenvalue weighted by Crippen LogP contribution is 2.25. The third-order valence-electron chi connectivity index (χ3n) is 1.78. The summed E-state index contributed by atoms with van der Waals surface area (Å²) < 4.78 is 12.6. The van der Waals surface area contributed by atoms with E-state index in [0.717, 1.165) is 6.07 Å². The van der Waals surface area contributed by atoms with E-state index in [1.54, 1.807) is 6.92 Å². The minimum atomic E-state index is -0.854. The predicted octanol–water partition coefficient (Wildman–Crippen LogP) is 1.86. The van der Waals surface area contributed by atoms with Crippen molar-refractivity contribution in [2.24, 2.45) is 5.73 Å². The van der Waals surface area contributed by atoms with Crippen molar-refractivity contribution in [1.82, 2.24) is 0 Å². The number of hydrogen-bond acceptors (Lipinski definition) is 2. The Morgan fingerprint density at radius 1 is 1.54 bits per heavy atom. The maximum atomic E-state index is 12.6. The summed E-state index contributed by atoms with van der Waals surface area (Å²) in [4.78, 5) is 0. The van der Waals surface area contributed by atoms with E-state index >= 15 is 0 Å². The highest BCUT2D eigenvalue weighted by Gasteiger charge is 2.15. The van der Waals surface area contributed by atoms with Crippen molar-refractivity contribution >= 4 is 11.6 Å². The molecule has 0 saturated carbocycles. The molecule has 0 aromatic heterocycles. The first kappa shape index (κ1) is 10.4. The molecule has 1 aromatic carbocycles. The molecule has 1 aromatic rings. The Labute approximate surface area is 81.1 Å². The van der Waals surface area contributed by atoms with E-state index in [2.05, 4.69) is 0 Å². The second kappa shape index (κ2) is 4.05. The summed E-state index contributed by atoms with van der Waals surface area (Å²) in [5, 5.41) is 9.74. The lowest BCUT2D eigenvalue weighted by Crippen LogP contribution is -2.24. The van der Waals surface area contributed by atoms with Crippen LogP contribution in [0.25, 0.3) is 0 Å². The lowest BCUT2D eigenvalue weighted by Gasteiger charge is -2.15. The molecule has 0 bridgehead atoms. The van der Waals surface area contributed by atoms with Gasteiger partial charge in [0.15, 0.2) is 0 Å². The number of halogens is 2. The van der Waals surface area contributed by atoms with Gasteiger partial charge in [0.25, 0.3) is 0 Å². The van der Waals surface area contributed by atoms with E-state index in [-0.39, 0.29) is 5.02 Å². The van der Waals surface area contributed by atoms with E-state index in [1.165, 1.54) is 12.1 Å². The van der Waals surface area contributed by atoms with Gasteiger partial charge < -0.3 is 10.8 Å². The number of nitrogens with two attached hydrogens (primary N) is 1. The Bertz CT molecular complexity index is 304. The van der Waals surface area contributed by atoms with Gasteiger partial charge in [-0.3, -0.25) is 0 Å². The minimum absolute atomic E-state index is 0.199. The van der Waals surface area contributed by atoms with Crippen LogP contribution in [0.1, 0.15) is 18.6 Å². The van der Waals surface area contributed by atoms with Gasteiger partial charge in [-0.05, 0) is 19.1 Å². The lowest BCUT2D eigenvalue weighted by molar-refractivity contribution is 0.153. The summed E-state index contributed by atoms with van der Waals surface area (Å²) in [6.45, 7) is 1.66. The van der Waals surface area contributed by atoms with Gasteiger partial charge in [0.05, 0.1) is 6.10 Å². The minimum Gasteiger partial charge on any atom is -0.387 e. The molecular formula is C9H11ClFNO. The fraction of sp³-hybridized carbons (Fsp3) is 0.333. The summed E-state index contributed by atoms with van der Waals surface area (Å²) in [5.41, 5.74) is 5.93. The van der Waals surface area contributed by atoms with Crippen LogP contribution in [0, 0.1) is 5.82 Å². The number of hydrogen-bond donors (Lipinski definition) is 2. The highest BCUT2D eigenvalue weighted by molar-refractivity contribution is 6.31. The molecule has 0 fully saturated rings. The van der Waals surface area contributed by atoms with Crippen molar-refractivity contribution in [1.29, 1.82) is 0 Å². The van der Waals surface area contributed by atoms with Crippen molar-refractivity contribution in [2.75, 3.05) is 0 Å². The number of benzene rings is 1. The van der Waals surface area contributed by atoms with Crippen LogP contribution in [0.5, 0.6) is 0 Å². The SMILES string of the molecule is C[C@H](N)[C@H](O)c1ccc(F)cc1Cl. The standard InChI is InChI=1S/C9H11ClFNO/c1-5(12)9(13)7-3-2-6(11)4-8(7)10/h2-5,9,13H,12H2,1H3/t5-,9-/m0/s1. The summed E-state index contributed by atoms with van der Waals surface area (Å²) >= 11 is 5.71. The van der Waals surface area contributed by atoms with Gasteiger partial charge in [0.1, 0.15) is 5.82 Å². The average Bonchev–Trinajstić information content (AvgIpc) is 2.03. The zero-order valence-electron chi connectivity index (χ0n) is 7.17. The summed E-state index contributed by atoms with van der Waals surface area (Å²) in [6.07, 6.45) is -0.854. The molecule has 0 unspecified atom stereocenters. The Morgan fingerprint density at radius 3 is 2.62 bits per heavy atom. The maximum absolute atomic E-state index is 12.6. The molecule has 0 spiro atoms. The quantitative estimate of drug-likeness (QED) is 0.771. The van der Waals surface area contributed by atoms with Gasteiger partial charge >= 0.3 is 0 Å². The van der Waals surface area contributed by atoms with Crippen molar-refractivity contribution in [3.63, 3.8) is 0 Å². The first-order valence-corrected chi connectivity index (χ1v) is 4.28. The molecule has 0 radical (unpaired) electrons. The van der Waals surface area contributed by atoms with E-state index in [9.17, 15) is 9.50 Å². The van der Waals surface area contributed by atoms with Gasteiger partial charge in [0.2, 0.25) is 0 Å². The zero-order chi connectivity index (χ0) is 10.0. The fourth-order valence-electron chi connectivity index (χ4n) is 1.02. The molecule has 0 aliphatic carbocycles. The molecule has 2 atom stereocenters. The molecule has 0 saturated heterocycles. The molecule has 1 rings (SSSR count). The largest absolute Gasteiger partial charge is 0.387 e. The normalized spacial score (nSPS) is 15.5. The van der Waals surface area contributed by atoms with Crippen LogP contribution in [0.3, 0.4) is 0 Å². The molecule has 0 aliphatic rings. The first-order valence-electron chi connectivity index (χ1n) is 3.91. The molecular weight excluding hydrogens is 193 g/mol. The number of aliphatic hydroxyl groups excluding tert-OH is 1. The van der Waals surface area contributed by atoms with Gasteiger partial charge in [-0.25, -0.2) is 4.39 Å². The smallest absolute Gasteiger partial charge is 0.124 e. The third kappa shape index (κ3) is 2.40. The van der Waals surface area contributed by atoms with E-state index in [0.29, 0.717) is 5.56 Å². The molecule has 13 heavy (non-hydrogen) atoms. The average molecular weight is 204 g/mol. The second-order valence-corrected chi connectivity index (χ2v) is 3.38. The summed E-state index contributed by atoms with van der Waals surface area (Å²) in [6, 6.07) is 3.41. The van der Waals surface area contributed by atoms with Crippen molar-refractivity contribution < 1.29 is 9.50 Å². The molecule has 0 aliphatic heterocycles. The summed E-state index contributed by atoms with van der Waals surface area (Å²) in [5.74, 6) is -0.425. The van der Waals surface area contributed by atoms with Crippen molar-refractivity contribution in [3.8, 4) is 0 Å². The Morgan fingerprint density at radius 2 is 2.15 bits per heavy atom. The molecule has 2 nitrogen and oxygen atoms in total. The second-order valence-electron chi connectivity index (χ2n) is 2.97. The van der Waals surface area contributed by atoms with Crippen LogP contribution in [-0.4, -0.2) is 11.1 Å². The monoisotopic (exact) mass is 203 g/mol. The van der Waals surface area contributed by atoms with Gasteiger partial charge in [-0.2, -0.15) is 0 Å². The fourth-order valence-corrected chi connectivity index (χ4v) is 1.30. The number of rotatable bonds is 2. The van der Waals surface area contributed by atoms with E-state index in [4.69, 9.17) is 17.3 Å². The van der Waals surface area contributed by atoms with Crippen LogP contribution in [0.4, 0.5) is 4.39 Å². The Hall–Kier alpha value is -0.640. The third-order valence-corrected chi connectivity index (χ3v) is 2.11. The van der Waals surface area contributed by atoms with Gasteiger partial charge in [-0.15, -0.1) is 0 Å². The predicted molar refractivity (Wildman–Crippen MR) is 50.0 cm³/mol. The Kier molecular flexibility index (Phi) is 3.25. The van der Waals surface area contributed by atoms with Crippen LogP contribution in [0.2, 0.25) is 5.02 Å². The van der Waals surface area contributed by atoms with Crippen LogP contribution in [-0.2, 0) is 0 Å². The maximum Gasteiger partial charge on any atom is 0.124 e. The van der Waals surface area contributed by atoms with Crippen LogP contribution in [0.15, 0.2) is 18.2 Å².